The second-order valence-corrected chi connectivity index (χ2v) is 6.27. The van der Waals surface area contributed by atoms with Gasteiger partial charge in [-0.2, -0.15) is 0 Å². The summed E-state index contributed by atoms with van der Waals surface area (Å²) in [6, 6.07) is 6.30. The predicted molar refractivity (Wildman–Crippen MR) is 91.8 cm³/mol. The number of nitrogens with two attached hydrogens (primary N) is 1. The van der Waals surface area contributed by atoms with Crippen LogP contribution in [0.5, 0.6) is 5.75 Å². The van der Waals surface area contributed by atoms with Crippen LogP contribution in [0.25, 0.3) is 0 Å². The molecular formula is C17H27ClN2O2. The fourth-order valence-corrected chi connectivity index (χ4v) is 2.59. The molecule has 1 unspecified atom stereocenters. The number of benzene rings is 1. The topological polar surface area (TPSA) is 55.6 Å². The molecule has 2 atom stereocenters. The van der Waals surface area contributed by atoms with E-state index in [1.807, 2.05) is 26.0 Å². The molecule has 1 amide bonds. The van der Waals surface area contributed by atoms with Gasteiger partial charge in [0, 0.05) is 19.1 Å². The average Bonchev–Trinajstić information content (AvgIpc) is 2.86. The number of carbonyl (C=O) groups is 1. The van der Waals surface area contributed by atoms with Crippen LogP contribution in [0.4, 0.5) is 0 Å². The van der Waals surface area contributed by atoms with E-state index in [0.717, 1.165) is 24.3 Å². The number of likely N-dealkylation sites (tertiary alicyclic amines) is 1. The van der Waals surface area contributed by atoms with E-state index in [-0.39, 0.29) is 24.4 Å². The first-order chi connectivity index (χ1) is 9.88. The molecule has 22 heavy (non-hydrogen) atoms. The van der Waals surface area contributed by atoms with Crippen LogP contribution in [-0.2, 0) is 4.79 Å². The highest BCUT2D eigenvalue weighted by molar-refractivity contribution is 5.85. The van der Waals surface area contributed by atoms with E-state index < -0.39 is 6.10 Å². The van der Waals surface area contributed by atoms with Crippen molar-refractivity contribution < 1.29 is 9.53 Å². The van der Waals surface area contributed by atoms with Crippen molar-refractivity contribution >= 4 is 18.3 Å². The molecule has 1 aliphatic rings. The molecule has 2 rings (SSSR count). The van der Waals surface area contributed by atoms with Crippen LogP contribution in [0.2, 0.25) is 0 Å². The summed E-state index contributed by atoms with van der Waals surface area (Å²) >= 11 is 0. The number of rotatable bonds is 4. The van der Waals surface area contributed by atoms with Crippen molar-refractivity contribution in [1.29, 1.82) is 0 Å². The lowest BCUT2D eigenvalue weighted by atomic mass is 10.0. The number of ether oxygens (including phenoxy) is 1. The summed E-state index contributed by atoms with van der Waals surface area (Å²) < 4.78 is 5.91. The lowest BCUT2D eigenvalue weighted by molar-refractivity contribution is -0.136. The van der Waals surface area contributed by atoms with E-state index >= 15 is 0 Å². The maximum absolute atomic E-state index is 12.4. The number of aryl methyl sites for hydroxylation is 1. The third kappa shape index (κ3) is 4.37. The predicted octanol–water partition coefficient (Wildman–Crippen LogP) is 2.87. The molecular weight excluding hydrogens is 300 g/mol. The number of nitrogens with zero attached hydrogens (tertiary/aromatic N) is 1. The third-order valence-electron chi connectivity index (χ3n) is 4.07. The molecule has 1 aromatic carbocycles. The lowest BCUT2D eigenvalue weighted by Gasteiger charge is -2.22. The maximum atomic E-state index is 12.4. The quantitative estimate of drug-likeness (QED) is 0.925. The van der Waals surface area contributed by atoms with Gasteiger partial charge in [0.2, 0.25) is 0 Å². The minimum Gasteiger partial charge on any atom is -0.481 e. The molecule has 2 N–H and O–H groups in total. The highest BCUT2D eigenvalue weighted by atomic mass is 35.5. The summed E-state index contributed by atoms with van der Waals surface area (Å²) in [5.74, 6) is 1.26. The molecule has 0 radical (unpaired) electrons. The summed E-state index contributed by atoms with van der Waals surface area (Å²) in [6.07, 6.45) is 0.400. The average molecular weight is 327 g/mol. The Labute approximate surface area is 139 Å². The van der Waals surface area contributed by atoms with Crippen molar-refractivity contribution in [3.8, 4) is 5.75 Å². The summed E-state index contributed by atoms with van der Waals surface area (Å²) in [7, 11) is 0. The van der Waals surface area contributed by atoms with Gasteiger partial charge in [0.25, 0.3) is 5.91 Å². The Morgan fingerprint density at radius 3 is 2.59 bits per heavy atom. The van der Waals surface area contributed by atoms with E-state index in [0.29, 0.717) is 12.5 Å². The minimum absolute atomic E-state index is 0. The second kappa shape index (κ2) is 7.84. The molecule has 1 aliphatic heterocycles. The first-order valence-corrected chi connectivity index (χ1v) is 7.70. The molecule has 0 spiro atoms. The molecule has 0 saturated carbocycles. The normalized spacial score (nSPS) is 19.0. The molecule has 124 valence electrons. The number of amides is 1. The number of carbonyl (C=O) groups excluding carboxylic acids is 1. The molecule has 0 bridgehead atoms. The zero-order valence-corrected chi connectivity index (χ0v) is 14.7. The Bertz CT molecular complexity index is 519. The first-order valence-electron chi connectivity index (χ1n) is 7.70. The summed E-state index contributed by atoms with van der Waals surface area (Å²) in [5, 5.41) is 0. The van der Waals surface area contributed by atoms with Crippen molar-refractivity contribution in [2.45, 2.75) is 52.2 Å². The fourth-order valence-electron chi connectivity index (χ4n) is 2.59. The zero-order valence-electron chi connectivity index (χ0n) is 13.8. The third-order valence-corrected chi connectivity index (χ3v) is 4.07. The molecule has 1 aromatic rings. The Kier molecular flexibility index (Phi) is 6.69. The number of hydrogen-bond acceptors (Lipinski definition) is 3. The molecule has 1 saturated heterocycles. The molecule has 4 nitrogen and oxygen atoms in total. The van der Waals surface area contributed by atoms with Gasteiger partial charge in [0.05, 0.1) is 0 Å². The SMILES string of the molecule is Cc1ccc(C(C)C)cc1OC(C)C(=O)N1CC[C@@H](N)C1.Cl. The van der Waals surface area contributed by atoms with Gasteiger partial charge < -0.3 is 15.4 Å². The van der Waals surface area contributed by atoms with Crippen molar-refractivity contribution in [1.82, 2.24) is 4.90 Å². The number of halogens is 1. The van der Waals surface area contributed by atoms with Crippen molar-refractivity contribution in [3.63, 3.8) is 0 Å². The van der Waals surface area contributed by atoms with Gasteiger partial charge in [-0.15, -0.1) is 12.4 Å². The van der Waals surface area contributed by atoms with Crippen molar-refractivity contribution in [2.75, 3.05) is 13.1 Å². The molecule has 1 heterocycles. The molecule has 0 aromatic heterocycles. The molecule has 5 heteroatoms. The van der Waals surface area contributed by atoms with E-state index in [9.17, 15) is 4.79 Å². The van der Waals surface area contributed by atoms with E-state index in [2.05, 4.69) is 19.9 Å². The van der Waals surface area contributed by atoms with Crippen LogP contribution in [0.15, 0.2) is 18.2 Å². The Hall–Kier alpha value is -1.26. The van der Waals surface area contributed by atoms with Crippen molar-refractivity contribution in [2.24, 2.45) is 5.73 Å². The Balaban J connectivity index is 0.00000242. The van der Waals surface area contributed by atoms with Gasteiger partial charge >= 0.3 is 0 Å². The van der Waals surface area contributed by atoms with Crippen LogP contribution < -0.4 is 10.5 Å². The van der Waals surface area contributed by atoms with Crippen LogP contribution in [0, 0.1) is 6.92 Å². The highest BCUT2D eigenvalue weighted by Gasteiger charge is 2.28. The zero-order chi connectivity index (χ0) is 15.6. The van der Waals surface area contributed by atoms with E-state index in [1.165, 1.54) is 5.56 Å². The van der Waals surface area contributed by atoms with Gasteiger partial charge in [0.15, 0.2) is 6.10 Å². The van der Waals surface area contributed by atoms with E-state index in [1.54, 1.807) is 4.90 Å². The second-order valence-electron chi connectivity index (χ2n) is 6.27. The standard InChI is InChI=1S/C17H26N2O2.ClH/c1-11(2)14-6-5-12(3)16(9-14)21-13(4)17(20)19-8-7-15(18)10-19;/h5-6,9,11,13,15H,7-8,10,18H2,1-4H3;1H/t13?,15-;/m1./s1. The van der Waals surface area contributed by atoms with Crippen LogP contribution >= 0.6 is 12.4 Å². The van der Waals surface area contributed by atoms with Gasteiger partial charge in [-0.1, -0.05) is 26.0 Å². The summed E-state index contributed by atoms with van der Waals surface area (Å²) in [4.78, 5) is 14.2. The van der Waals surface area contributed by atoms with Crippen LogP contribution in [-0.4, -0.2) is 36.0 Å². The number of hydrogen-bond donors (Lipinski definition) is 1. The summed E-state index contributed by atoms with van der Waals surface area (Å²) in [5.41, 5.74) is 8.13. The minimum atomic E-state index is -0.476. The fraction of sp³-hybridized carbons (Fsp3) is 0.588. The summed E-state index contributed by atoms with van der Waals surface area (Å²) in [6.45, 7) is 9.48. The van der Waals surface area contributed by atoms with Gasteiger partial charge in [-0.05, 0) is 43.4 Å². The molecule has 1 fully saturated rings. The molecule has 0 aliphatic carbocycles. The Morgan fingerprint density at radius 2 is 2.05 bits per heavy atom. The smallest absolute Gasteiger partial charge is 0.263 e. The van der Waals surface area contributed by atoms with Crippen LogP contribution in [0.1, 0.15) is 44.2 Å². The van der Waals surface area contributed by atoms with Crippen molar-refractivity contribution in [3.05, 3.63) is 29.3 Å². The Morgan fingerprint density at radius 1 is 1.36 bits per heavy atom. The largest absolute Gasteiger partial charge is 0.481 e. The van der Waals surface area contributed by atoms with Gasteiger partial charge in [-0.3, -0.25) is 4.79 Å². The first kappa shape index (κ1) is 18.8. The lowest BCUT2D eigenvalue weighted by Crippen LogP contribution is -2.40. The van der Waals surface area contributed by atoms with E-state index in [4.69, 9.17) is 10.5 Å². The van der Waals surface area contributed by atoms with Crippen LogP contribution in [0.3, 0.4) is 0 Å². The highest BCUT2D eigenvalue weighted by Crippen LogP contribution is 2.25. The maximum Gasteiger partial charge on any atom is 0.263 e. The monoisotopic (exact) mass is 326 g/mol. The van der Waals surface area contributed by atoms with Gasteiger partial charge in [0.1, 0.15) is 5.75 Å². The van der Waals surface area contributed by atoms with Gasteiger partial charge in [-0.25, -0.2) is 0 Å².